The average molecular weight is 1080 g/mol. The molecule has 0 N–H and O–H groups in total. The Bertz CT molecular complexity index is 1700. The van der Waals surface area contributed by atoms with Crippen molar-refractivity contribution in [2.75, 3.05) is 47.5 Å². The quantitative estimate of drug-likeness (QED) is 0.0195. The molecule has 2 unspecified atom stereocenters. The maximum Gasteiger partial charge on any atom is 0.306 e. The van der Waals surface area contributed by atoms with E-state index in [0.29, 0.717) is 17.4 Å². The third kappa shape index (κ3) is 59.7. The van der Waals surface area contributed by atoms with Gasteiger partial charge in [-0.25, -0.2) is 0 Å². The topological polar surface area (TPSA) is 111 Å². The molecule has 10 heteroatoms. The van der Waals surface area contributed by atoms with E-state index in [1.807, 2.05) is 21.1 Å². The molecular formula is C66H112NO8P. The summed E-state index contributed by atoms with van der Waals surface area (Å²) in [6, 6.07) is 0. The van der Waals surface area contributed by atoms with E-state index in [0.717, 1.165) is 122 Å². The smallest absolute Gasteiger partial charge is 0.306 e. The van der Waals surface area contributed by atoms with Crippen molar-refractivity contribution in [2.24, 2.45) is 0 Å². The molecule has 0 rings (SSSR count). The lowest BCUT2D eigenvalue weighted by molar-refractivity contribution is -0.870. The van der Waals surface area contributed by atoms with E-state index < -0.39 is 32.5 Å². The maximum absolute atomic E-state index is 12.8. The van der Waals surface area contributed by atoms with Crippen LogP contribution in [0.3, 0.4) is 0 Å². The summed E-state index contributed by atoms with van der Waals surface area (Å²) in [5.41, 5.74) is 0. The van der Waals surface area contributed by atoms with E-state index >= 15 is 0 Å². The average Bonchev–Trinajstić information content (AvgIpc) is 3.38. The van der Waals surface area contributed by atoms with Gasteiger partial charge in [-0.2, -0.15) is 0 Å². The molecule has 0 amide bonds. The van der Waals surface area contributed by atoms with Gasteiger partial charge in [0.25, 0.3) is 7.82 Å². The fraction of sp³-hybridized carbons (Fsp3) is 0.667. The normalized spacial score (nSPS) is 14.1. The highest BCUT2D eigenvalue weighted by atomic mass is 31.2. The van der Waals surface area contributed by atoms with Gasteiger partial charge < -0.3 is 27.9 Å². The SMILES string of the molecule is CC/C=C\C/C=C\C/C=C\C/C=C\C/C=C\C/C=C\CCCCCCCCC(=O)OC(COC(=O)CCCCCCCCCCCCCCCC/C=C\C/C=C\C/C=C\C/C=C\CC)COP(=O)([O-])OCC[N+](C)(C)C. The number of phosphoric ester groups is 1. The molecule has 0 fully saturated rings. The second kappa shape index (κ2) is 56.1. The summed E-state index contributed by atoms with van der Waals surface area (Å²) >= 11 is 0. The summed E-state index contributed by atoms with van der Waals surface area (Å²) in [5.74, 6) is -0.856. The first kappa shape index (κ1) is 72.4. The van der Waals surface area contributed by atoms with Crippen molar-refractivity contribution in [1.82, 2.24) is 0 Å². The molecule has 0 aromatic rings. The van der Waals surface area contributed by atoms with Crippen molar-refractivity contribution in [3.8, 4) is 0 Å². The van der Waals surface area contributed by atoms with Gasteiger partial charge in [-0.15, -0.1) is 0 Å². The molecule has 0 aromatic heterocycles. The Morgan fingerprint density at radius 2 is 0.711 bits per heavy atom. The predicted octanol–water partition coefficient (Wildman–Crippen LogP) is 18.5. The Kier molecular flexibility index (Phi) is 53.5. The number of phosphoric acid groups is 1. The molecule has 0 spiro atoms. The Morgan fingerprint density at radius 3 is 1.05 bits per heavy atom. The summed E-state index contributed by atoms with van der Waals surface area (Å²) in [5, 5.41) is 0. The minimum absolute atomic E-state index is 0.0402. The second-order valence-electron chi connectivity index (χ2n) is 20.9. The largest absolute Gasteiger partial charge is 0.756 e. The summed E-state index contributed by atoms with van der Waals surface area (Å²) in [7, 11) is 1.14. The first-order valence-electron chi connectivity index (χ1n) is 30.2. The second-order valence-corrected chi connectivity index (χ2v) is 22.4. The van der Waals surface area contributed by atoms with Crippen LogP contribution < -0.4 is 4.89 Å². The van der Waals surface area contributed by atoms with E-state index in [2.05, 4.69) is 135 Å². The molecule has 0 saturated carbocycles. The van der Waals surface area contributed by atoms with Crippen LogP contribution in [-0.2, 0) is 32.7 Å². The van der Waals surface area contributed by atoms with Gasteiger partial charge in [-0.05, 0) is 103 Å². The molecule has 0 bridgehead atoms. The number of likely N-dealkylation sites (N-methyl/N-ethyl adjacent to an activating group) is 1. The molecule has 76 heavy (non-hydrogen) atoms. The van der Waals surface area contributed by atoms with Crippen molar-refractivity contribution in [2.45, 2.75) is 238 Å². The van der Waals surface area contributed by atoms with Crippen LogP contribution in [0.1, 0.15) is 232 Å². The van der Waals surface area contributed by atoms with Gasteiger partial charge in [0.15, 0.2) is 6.10 Å². The van der Waals surface area contributed by atoms with Crippen LogP contribution in [0.5, 0.6) is 0 Å². The Morgan fingerprint density at radius 1 is 0.408 bits per heavy atom. The van der Waals surface area contributed by atoms with Crippen LogP contribution in [0.4, 0.5) is 0 Å². The van der Waals surface area contributed by atoms with Gasteiger partial charge in [0.1, 0.15) is 19.8 Å². The number of hydrogen-bond donors (Lipinski definition) is 0. The van der Waals surface area contributed by atoms with Crippen LogP contribution in [0, 0.1) is 0 Å². The van der Waals surface area contributed by atoms with Crippen LogP contribution in [0.2, 0.25) is 0 Å². The Hall–Kier alpha value is -3.59. The molecule has 434 valence electrons. The van der Waals surface area contributed by atoms with Crippen molar-refractivity contribution >= 4 is 19.8 Å². The van der Waals surface area contributed by atoms with Gasteiger partial charge in [0, 0.05) is 12.8 Å². The van der Waals surface area contributed by atoms with E-state index in [-0.39, 0.29) is 26.1 Å². The van der Waals surface area contributed by atoms with E-state index in [1.54, 1.807) is 0 Å². The van der Waals surface area contributed by atoms with E-state index in [1.165, 1.54) is 77.0 Å². The zero-order chi connectivity index (χ0) is 55.6. The number of quaternary nitrogens is 1. The molecule has 0 heterocycles. The molecule has 0 aliphatic heterocycles. The van der Waals surface area contributed by atoms with E-state index in [4.69, 9.17) is 18.5 Å². The van der Waals surface area contributed by atoms with Crippen molar-refractivity contribution in [3.63, 3.8) is 0 Å². The fourth-order valence-electron chi connectivity index (χ4n) is 7.89. The van der Waals surface area contributed by atoms with Gasteiger partial charge in [-0.1, -0.05) is 238 Å². The lowest BCUT2D eigenvalue weighted by Crippen LogP contribution is -2.37. The third-order valence-corrected chi connectivity index (χ3v) is 13.4. The number of rotatable bonds is 54. The highest BCUT2D eigenvalue weighted by Gasteiger charge is 2.22. The maximum atomic E-state index is 12.8. The Balaban J connectivity index is 4.19. The minimum atomic E-state index is -4.65. The lowest BCUT2D eigenvalue weighted by Gasteiger charge is -2.28. The molecular weight excluding hydrogens is 966 g/mol. The van der Waals surface area contributed by atoms with Crippen molar-refractivity contribution in [3.05, 3.63) is 122 Å². The number of carbonyl (C=O) groups is 2. The molecule has 0 radical (unpaired) electrons. The number of nitrogens with zero attached hydrogens (tertiary/aromatic N) is 1. The minimum Gasteiger partial charge on any atom is -0.756 e. The first-order valence-corrected chi connectivity index (χ1v) is 31.7. The molecule has 0 saturated heterocycles. The number of allylic oxidation sites excluding steroid dienone is 20. The van der Waals surface area contributed by atoms with Crippen molar-refractivity contribution in [1.29, 1.82) is 0 Å². The zero-order valence-electron chi connectivity index (χ0n) is 49.2. The standard InChI is InChI=1S/C66H112NO8P/c1-6-8-10-12-14-16-18-20-22-24-26-28-30-32-33-35-36-38-40-42-44-46-48-50-52-54-56-58-65(68)72-62-64(63-74-76(70,71)73-61-60-67(3,4)5)75-66(69)59-57-55-53-51-49-47-45-43-41-39-37-34-31-29-27-25-23-21-19-17-15-13-11-9-7-2/h8-11,14-17,20-23,26-29,34,37,41,43,64H,6-7,12-13,18-19,24-25,30-33,35-36,38-40,42,44-63H2,1-5H3/b10-8-,11-9-,16-14-,17-15-,22-20-,23-21-,28-26-,29-27-,37-34-,43-41-. The first-order chi connectivity index (χ1) is 37.0. The Labute approximate surface area is 467 Å². The van der Waals surface area contributed by atoms with Crippen molar-refractivity contribution < 1.29 is 42.1 Å². The van der Waals surface area contributed by atoms with Gasteiger partial charge >= 0.3 is 11.9 Å². The molecule has 0 aliphatic carbocycles. The molecule has 0 aliphatic rings. The highest BCUT2D eigenvalue weighted by Crippen LogP contribution is 2.38. The number of ether oxygens (including phenoxy) is 2. The van der Waals surface area contributed by atoms with Crippen LogP contribution >= 0.6 is 7.82 Å². The molecule has 9 nitrogen and oxygen atoms in total. The van der Waals surface area contributed by atoms with Gasteiger partial charge in [0.05, 0.1) is 27.7 Å². The number of carbonyl (C=O) groups excluding carboxylic acids is 2. The van der Waals surface area contributed by atoms with Crippen LogP contribution in [0.25, 0.3) is 0 Å². The van der Waals surface area contributed by atoms with Gasteiger partial charge in [0.2, 0.25) is 0 Å². The lowest BCUT2D eigenvalue weighted by atomic mass is 10.0. The van der Waals surface area contributed by atoms with Crippen LogP contribution in [0.15, 0.2) is 122 Å². The number of esters is 2. The number of unbranched alkanes of at least 4 members (excludes halogenated alkanes) is 20. The highest BCUT2D eigenvalue weighted by molar-refractivity contribution is 7.45. The molecule has 2 atom stereocenters. The third-order valence-electron chi connectivity index (χ3n) is 12.5. The summed E-state index contributed by atoms with van der Waals surface area (Å²) in [6.07, 6.45) is 79.6. The number of hydrogen-bond acceptors (Lipinski definition) is 8. The van der Waals surface area contributed by atoms with Gasteiger partial charge in [-0.3, -0.25) is 14.2 Å². The summed E-state index contributed by atoms with van der Waals surface area (Å²) < 4.78 is 34.2. The zero-order valence-corrected chi connectivity index (χ0v) is 50.0. The van der Waals surface area contributed by atoms with Crippen LogP contribution in [-0.4, -0.2) is 70.0 Å². The van der Waals surface area contributed by atoms with E-state index in [9.17, 15) is 19.0 Å². The predicted molar refractivity (Wildman–Crippen MR) is 323 cm³/mol. The monoisotopic (exact) mass is 1080 g/mol. The fourth-order valence-corrected chi connectivity index (χ4v) is 8.61. The molecule has 0 aromatic carbocycles. The summed E-state index contributed by atoms with van der Waals surface area (Å²) in [6.45, 7) is 3.99. The summed E-state index contributed by atoms with van der Waals surface area (Å²) in [4.78, 5) is 37.9.